The van der Waals surface area contributed by atoms with E-state index in [2.05, 4.69) is 4.98 Å². The molecule has 2 rings (SSSR count). The molecule has 0 saturated carbocycles. The molecule has 1 aromatic carbocycles. The summed E-state index contributed by atoms with van der Waals surface area (Å²) in [4.78, 5) is 5.29. The third-order valence-electron chi connectivity index (χ3n) is 2.10. The third kappa shape index (κ3) is 1.90. The fraction of sp³-hybridized carbons (Fsp3) is 0.182. The second-order valence-corrected chi connectivity index (χ2v) is 4.67. The van der Waals surface area contributed by atoms with Gasteiger partial charge in [-0.1, -0.05) is 0 Å². The standard InChI is InChI=1S/C11H9F2NS/c1-6-11(14-7(2)15-6)8-3-4-9(12)10(13)5-8/h3-5H,1-2H3. The molecule has 1 aromatic heterocycles. The molecular weight excluding hydrogens is 216 g/mol. The van der Waals surface area contributed by atoms with Crippen LogP contribution in [-0.4, -0.2) is 4.98 Å². The van der Waals surface area contributed by atoms with E-state index < -0.39 is 11.6 Å². The smallest absolute Gasteiger partial charge is 0.159 e. The van der Waals surface area contributed by atoms with Crippen molar-refractivity contribution in [2.45, 2.75) is 13.8 Å². The van der Waals surface area contributed by atoms with Gasteiger partial charge >= 0.3 is 0 Å². The van der Waals surface area contributed by atoms with Gasteiger partial charge in [0.2, 0.25) is 0 Å². The fourth-order valence-corrected chi connectivity index (χ4v) is 2.28. The first-order chi connectivity index (χ1) is 7.08. The Morgan fingerprint density at radius 1 is 1.13 bits per heavy atom. The Balaban J connectivity index is 2.54. The fourth-order valence-electron chi connectivity index (χ4n) is 1.44. The molecule has 0 fully saturated rings. The first kappa shape index (κ1) is 10.2. The summed E-state index contributed by atoms with van der Waals surface area (Å²) in [5.74, 6) is -1.67. The summed E-state index contributed by atoms with van der Waals surface area (Å²) >= 11 is 1.55. The van der Waals surface area contributed by atoms with Crippen molar-refractivity contribution in [1.82, 2.24) is 4.98 Å². The predicted octanol–water partition coefficient (Wildman–Crippen LogP) is 3.71. The molecule has 0 N–H and O–H groups in total. The van der Waals surface area contributed by atoms with Gasteiger partial charge < -0.3 is 0 Å². The Kier molecular flexibility index (Phi) is 2.52. The zero-order valence-corrected chi connectivity index (χ0v) is 9.16. The highest BCUT2D eigenvalue weighted by Crippen LogP contribution is 2.27. The molecule has 0 aliphatic rings. The number of thiazole rings is 1. The van der Waals surface area contributed by atoms with Gasteiger partial charge in [-0.25, -0.2) is 13.8 Å². The van der Waals surface area contributed by atoms with E-state index in [1.807, 2.05) is 13.8 Å². The van der Waals surface area contributed by atoms with Gasteiger partial charge in [-0.3, -0.25) is 0 Å². The van der Waals surface area contributed by atoms with Gasteiger partial charge in [0, 0.05) is 10.4 Å². The average Bonchev–Trinajstić information content (AvgIpc) is 2.50. The number of hydrogen-bond acceptors (Lipinski definition) is 2. The summed E-state index contributed by atoms with van der Waals surface area (Å²) in [6, 6.07) is 3.84. The van der Waals surface area contributed by atoms with Crippen LogP contribution < -0.4 is 0 Å². The van der Waals surface area contributed by atoms with Crippen molar-refractivity contribution in [3.63, 3.8) is 0 Å². The van der Waals surface area contributed by atoms with Crippen LogP contribution in [-0.2, 0) is 0 Å². The zero-order valence-electron chi connectivity index (χ0n) is 8.34. The van der Waals surface area contributed by atoms with Gasteiger partial charge in [-0.15, -0.1) is 11.3 Å². The quantitative estimate of drug-likeness (QED) is 0.721. The Bertz CT molecular complexity index is 505. The minimum absolute atomic E-state index is 0.621. The van der Waals surface area contributed by atoms with Gasteiger partial charge in [-0.05, 0) is 32.0 Å². The number of rotatable bonds is 1. The van der Waals surface area contributed by atoms with E-state index in [9.17, 15) is 8.78 Å². The van der Waals surface area contributed by atoms with E-state index in [0.29, 0.717) is 5.56 Å². The summed E-state index contributed by atoms with van der Waals surface area (Å²) in [6.07, 6.45) is 0. The SMILES string of the molecule is Cc1nc(-c2ccc(F)c(F)c2)c(C)s1. The molecule has 0 unspecified atom stereocenters. The molecule has 0 aliphatic heterocycles. The van der Waals surface area contributed by atoms with E-state index in [0.717, 1.165) is 21.6 Å². The second kappa shape index (κ2) is 3.70. The molecule has 0 bridgehead atoms. The lowest BCUT2D eigenvalue weighted by Gasteiger charge is -1.99. The molecule has 0 aliphatic carbocycles. The van der Waals surface area contributed by atoms with Crippen LogP contribution in [0.25, 0.3) is 11.3 Å². The number of hydrogen-bond donors (Lipinski definition) is 0. The van der Waals surface area contributed by atoms with Crippen LogP contribution in [0.15, 0.2) is 18.2 Å². The molecule has 78 valence electrons. The lowest BCUT2D eigenvalue weighted by atomic mass is 10.1. The van der Waals surface area contributed by atoms with Crippen molar-refractivity contribution in [3.05, 3.63) is 39.7 Å². The van der Waals surface area contributed by atoms with Gasteiger partial charge in [-0.2, -0.15) is 0 Å². The monoisotopic (exact) mass is 225 g/mol. The molecular formula is C11H9F2NS. The molecule has 1 heterocycles. The van der Waals surface area contributed by atoms with Gasteiger partial charge in [0.1, 0.15) is 0 Å². The van der Waals surface area contributed by atoms with Gasteiger partial charge in [0.05, 0.1) is 10.7 Å². The highest BCUT2D eigenvalue weighted by atomic mass is 32.1. The van der Waals surface area contributed by atoms with E-state index in [1.54, 1.807) is 17.4 Å². The molecule has 0 saturated heterocycles. The third-order valence-corrected chi connectivity index (χ3v) is 2.98. The topological polar surface area (TPSA) is 12.9 Å². The van der Waals surface area contributed by atoms with Crippen molar-refractivity contribution in [3.8, 4) is 11.3 Å². The molecule has 0 spiro atoms. The van der Waals surface area contributed by atoms with Crippen molar-refractivity contribution in [1.29, 1.82) is 0 Å². The Morgan fingerprint density at radius 2 is 1.87 bits per heavy atom. The Morgan fingerprint density at radius 3 is 2.40 bits per heavy atom. The molecule has 0 atom stereocenters. The van der Waals surface area contributed by atoms with Crippen molar-refractivity contribution in [2.75, 3.05) is 0 Å². The molecule has 0 amide bonds. The Hall–Kier alpha value is -1.29. The average molecular weight is 225 g/mol. The highest BCUT2D eigenvalue weighted by molar-refractivity contribution is 7.11. The van der Waals surface area contributed by atoms with E-state index >= 15 is 0 Å². The maximum atomic E-state index is 13.0. The number of aryl methyl sites for hydroxylation is 2. The first-order valence-electron chi connectivity index (χ1n) is 4.47. The lowest BCUT2D eigenvalue weighted by molar-refractivity contribution is 0.509. The first-order valence-corrected chi connectivity index (χ1v) is 5.29. The van der Waals surface area contributed by atoms with Crippen LogP contribution in [0.4, 0.5) is 8.78 Å². The Labute approximate surface area is 90.4 Å². The number of halogens is 2. The van der Waals surface area contributed by atoms with Crippen molar-refractivity contribution < 1.29 is 8.78 Å². The number of aromatic nitrogens is 1. The van der Waals surface area contributed by atoms with E-state index in [4.69, 9.17) is 0 Å². The maximum absolute atomic E-state index is 13.0. The summed E-state index contributed by atoms with van der Waals surface area (Å²) in [6.45, 7) is 3.81. The molecule has 0 radical (unpaired) electrons. The van der Waals surface area contributed by atoms with Gasteiger partial charge in [0.25, 0.3) is 0 Å². The molecule has 2 aromatic rings. The van der Waals surface area contributed by atoms with Crippen LogP contribution in [0.1, 0.15) is 9.88 Å². The summed E-state index contributed by atoms with van der Waals surface area (Å²) in [7, 11) is 0. The van der Waals surface area contributed by atoms with E-state index in [1.165, 1.54) is 6.07 Å². The minimum atomic E-state index is -0.836. The van der Waals surface area contributed by atoms with Crippen molar-refractivity contribution >= 4 is 11.3 Å². The lowest BCUT2D eigenvalue weighted by Crippen LogP contribution is -1.86. The van der Waals surface area contributed by atoms with Crippen LogP contribution in [0.3, 0.4) is 0 Å². The van der Waals surface area contributed by atoms with Gasteiger partial charge in [0.15, 0.2) is 11.6 Å². The maximum Gasteiger partial charge on any atom is 0.159 e. The summed E-state index contributed by atoms with van der Waals surface area (Å²) in [5.41, 5.74) is 1.35. The van der Waals surface area contributed by atoms with E-state index in [-0.39, 0.29) is 0 Å². The molecule has 15 heavy (non-hydrogen) atoms. The normalized spacial score (nSPS) is 10.7. The van der Waals surface area contributed by atoms with Crippen LogP contribution in [0.5, 0.6) is 0 Å². The predicted molar refractivity (Wildman–Crippen MR) is 56.9 cm³/mol. The molecule has 1 nitrogen and oxygen atoms in total. The second-order valence-electron chi connectivity index (χ2n) is 3.27. The largest absolute Gasteiger partial charge is 0.241 e. The van der Waals surface area contributed by atoms with Crippen LogP contribution in [0, 0.1) is 25.5 Å². The summed E-state index contributed by atoms with van der Waals surface area (Å²) < 4.78 is 25.7. The molecule has 4 heteroatoms. The highest BCUT2D eigenvalue weighted by Gasteiger charge is 2.10. The van der Waals surface area contributed by atoms with Crippen LogP contribution in [0.2, 0.25) is 0 Å². The zero-order chi connectivity index (χ0) is 11.0. The summed E-state index contributed by atoms with van der Waals surface area (Å²) in [5, 5.41) is 0.923. The number of benzene rings is 1. The number of nitrogens with zero attached hydrogens (tertiary/aromatic N) is 1. The minimum Gasteiger partial charge on any atom is -0.241 e. The van der Waals surface area contributed by atoms with Crippen molar-refractivity contribution in [2.24, 2.45) is 0 Å². The van der Waals surface area contributed by atoms with Crippen LogP contribution >= 0.6 is 11.3 Å².